The number of hydrogen-bond acceptors (Lipinski definition) is 0. The molecular weight excluding hydrogens is 126 g/mol. The smallest absolute Gasteiger partial charge is 2.00 e. The van der Waals surface area contributed by atoms with E-state index >= 15 is 0 Å². The first-order valence-electron chi connectivity index (χ1n) is 0.333. The molecule has 0 saturated carbocycles. The van der Waals surface area contributed by atoms with Crippen LogP contribution in [0.25, 0.3) is 0 Å². The van der Waals surface area contributed by atoms with E-state index in [0.717, 1.165) is 0 Å². The van der Waals surface area contributed by atoms with Crippen LogP contribution in [-0.2, 0) is 16.4 Å². The Bertz CT molecular complexity index is 15.7. The van der Waals surface area contributed by atoms with E-state index in [2.05, 4.69) is 12.8 Å². The van der Waals surface area contributed by atoms with Gasteiger partial charge < -0.3 is 16.4 Å². The van der Waals surface area contributed by atoms with Gasteiger partial charge in [-0.2, -0.15) is 0 Å². The predicted molar refractivity (Wildman–Crippen MR) is 23.5 cm³/mol. The Morgan fingerprint density at radius 1 is 0.571 bits per heavy atom. The van der Waals surface area contributed by atoms with Crippen LogP contribution in [0.5, 0.6) is 0 Å². The Morgan fingerprint density at radius 2 is 0.571 bits per heavy atom. The molecule has 0 N–H and O–H groups in total. The van der Waals surface area contributed by atoms with Gasteiger partial charge >= 0.3 is 34.7 Å². The standard InChI is InChI=1S/C2H2.2Al.3O/c1-2;;;;;/h1-2H;;;;;/q;2*+3;3*-2. The van der Waals surface area contributed by atoms with Gasteiger partial charge in [0.25, 0.3) is 0 Å². The van der Waals surface area contributed by atoms with Crippen LogP contribution in [0.15, 0.2) is 0 Å². The van der Waals surface area contributed by atoms with Gasteiger partial charge in [0.05, 0.1) is 0 Å². The summed E-state index contributed by atoms with van der Waals surface area (Å²) < 4.78 is 0. The molecule has 0 aliphatic rings. The molecule has 0 bridgehead atoms. The van der Waals surface area contributed by atoms with Crippen molar-refractivity contribution < 1.29 is 16.4 Å². The third-order valence-electron chi connectivity index (χ3n) is 0. The van der Waals surface area contributed by atoms with E-state index in [0.29, 0.717) is 0 Å². The Morgan fingerprint density at radius 3 is 0.571 bits per heavy atom. The van der Waals surface area contributed by atoms with Crippen molar-refractivity contribution in [3.05, 3.63) is 0 Å². The van der Waals surface area contributed by atoms with Crippen LogP contribution in [0.1, 0.15) is 0 Å². The van der Waals surface area contributed by atoms with Gasteiger partial charge in [-0.25, -0.2) is 0 Å². The van der Waals surface area contributed by atoms with Gasteiger partial charge in [0.2, 0.25) is 0 Å². The number of hydrogen-bond donors (Lipinski definition) is 0. The molecule has 0 fully saturated rings. The van der Waals surface area contributed by atoms with Crippen LogP contribution in [0.2, 0.25) is 0 Å². The molecule has 0 saturated heterocycles. The molecule has 0 heterocycles. The minimum absolute atomic E-state index is 0. The zero-order valence-corrected chi connectivity index (χ0v) is 5.84. The molecule has 7 heavy (non-hydrogen) atoms. The second-order valence-electron chi connectivity index (χ2n) is 0. The Labute approximate surface area is 64.3 Å². The van der Waals surface area contributed by atoms with E-state index in [1.807, 2.05) is 0 Å². The zero-order chi connectivity index (χ0) is 2.00. The molecule has 0 aromatic heterocycles. The van der Waals surface area contributed by atoms with Gasteiger partial charge in [-0.05, 0) is 0 Å². The van der Waals surface area contributed by atoms with E-state index in [4.69, 9.17) is 0 Å². The van der Waals surface area contributed by atoms with E-state index in [1.54, 1.807) is 0 Å². The third-order valence-corrected chi connectivity index (χ3v) is 0. The van der Waals surface area contributed by atoms with Crippen molar-refractivity contribution in [1.29, 1.82) is 0 Å². The summed E-state index contributed by atoms with van der Waals surface area (Å²) in [7, 11) is 0. The topological polar surface area (TPSA) is 85.5 Å². The van der Waals surface area contributed by atoms with Crippen LogP contribution >= 0.6 is 0 Å². The molecule has 0 unspecified atom stereocenters. The van der Waals surface area contributed by atoms with Gasteiger partial charge in [0, 0.05) is 0 Å². The fourth-order valence-corrected chi connectivity index (χ4v) is 0. The summed E-state index contributed by atoms with van der Waals surface area (Å²) in [5.74, 6) is 0. The molecule has 0 spiro atoms. The van der Waals surface area contributed by atoms with Crippen molar-refractivity contribution in [3.63, 3.8) is 0 Å². The molecule has 0 amide bonds. The molecule has 3 nitrogen and oxygen atoms in total. The van der Waals surface area contributed by atoms with Crippen molar-refractivity contribution in [2.45, 2.75) is 0 Å². The molecular formula is C2H2Al2O3. The van der Waals surface area contributed by atoms with Gasteiger partial charge in [-0.1, -0.05) is 0 Å². The molecule has 0 radical (unpaired) electrons. The summed E-state index contributed by atoms with van der Waals surface area (Å²) in [5.41, 5.74) is 0. The van der Waals surface area contributed by atoms with Crippen LogP contribution in [0.3, 0.4) is 0 Å². The average molecular weight is 128 g/mol. The average Bonchev–Trinajstić information content (AvgIpc) is 1.00. The predicted octanol–water partition coefficient (Wildman–Crippen LogP) is -0.869. The fraction of sp³-hybridized carbons (Fsp3) is 0. The molecule has 0 aliphatic heterocycles. The minimum atomic E-state index is 0. The zero-order valence-electron chi connectivity index (χ0n) is 3.53. The van der Waals surface area contributed by atoms with Crippen LogP contribution in [0, 0.1) is 12.8 Å². The summed E-state index contributed by atoms with van der Waals surface area (Å²) >= 11 is 0. The maximum atomic E-state index is 4.00. The summed E-state index contributed by atoms with van der Waals surface area (Å²) in [5, 5.41) is 0. The van der Waals surface area contributed by atoms with Crippen molar-refractivity contribution in [3.8, 4) is 12.8 Å². The Kier molecular flexibility index (Phi) is 15500. The molecule has 5 heteroatoms. The fourth-order valence-electron chi connectivity index (χ4n) is 0. The second-order valence-corrected chi connectivity index (χ2v) is 0. The van der Waals surface area contributed by atoms with Gasteiger partial charge in [-0.3, -0.25) is 0 Å². The summed E-state index contributed by atoms with van der Waals surface area (Å²) in [4.78, 5) is 0. The maximum absolute atomic E-state index is 4.00. The van der Waals surface area contributed by atoms with Crippen molar-refractivity contribution in [1.82, 2.24) is 0 Å². The van der Waals surface area contributed by atoms with Gasteiger partial charge in [0.15, 0.2) is 0 Å². The maximum Gasteiger partial charge on any atom is 3.00 e. The largest absolute Gasteiger partial charge is 3.00 e. The third kappa shape index (κ3) is 518. The number of terminal acetylenes is 1. The Hall–Kier alpha value is 0.505. The molecule has 0 rings (SSSR count). The molecule has 34 valence electrons. The second kappa shape index (κ2) is 773. The van der Waals surface area contributed by atoms with Crippen LogP contribution in [0.4, 0.5) is 0 Å². The normalized spacial score (nSPS) is 0.286. The van der Waals surface area contributed by atoms with E-state index in [-0.39, 0.29) is 51.2 Å². The molecule has 0 atom stereocenters. The SMILES string of the molecule is C#C.[Al+3].[Al+3].[O-2].[O-2].[O-2]. The summed E-state index contributed by atoms with van der Waals surface area (Å²) in [6, 6.07) is 0. The van der Waals surface area contributed by atoms with Crippen molar-refractivity contribution >= 4 is 34.7 Å². The Balaban J connectivity index is -0.000000000500. The van der Waals surface area contributed by atoms with Gasteiger partial charge in [0.1, 0.15) is 0 Å². The quantitative estimate of drug-likeness (QED) is 0.300. The first-order valence-corrected chi connectivity index (χ1v) is 0.333. The van der Waals surface area contributed by atoms with Crippen LogP contribution in [-0.4, -0.2) is 34.7 Å². The van der Waals surface area contributed by atoms with Crippen molar-refractivity contribution in [2.75, 3.05) is 0 Å². The van der Waals surface area contributed by atoms with E-state index in [9.17, 15) is 0 Å². The van der Waals surface area contributed by atoms with Crippen LogP contribution < -0.4 is 0 Å². The number of rotatable bonds is 0. The monoisotopic (exact) mass is 128 g/mol. The minimum Gasteiger partial charge on any atom is -2.00 e. The van der Waals surface area contributed by atoms with E-state index in [1.165, 1.54) is 0 Å². The van der Waals surface area contributed by atoms with Crippen molar-refractivity contribution in [2.24, 2.45) is 0 Å². The first-order chi connectivity index (χ1) is 1.00. The summed E-state index contributed by atoms with van der Waals surface area (Å²) in [6.07, 6.45) is 8.00. The molecule has 0 aromatic rings. The first kappa shape index (κ1) is 140. The van der Waals surface area contributed by atoms with E-state index < -0.39 is 0 Å². The summed E-state index contributed by atoms with van der Waals surface area (Å²) in [6.45, 7) is 0. The van der Waals surface area contributed by atoms with Gasteiger partial charge in [-0.15, -0.1) is 12.8 Å². The molecule has 0 aromatic carbocycles. The molecule has 0 aliphatic carbocycles.